The van der Waals surface area contributed by atoms with E-state index in [9.17, 15) is 4.79 Å². The molecule has 6 nitrogen and oxygen atoms in total. The summed E-state index contributed by atoms with van der Waals surface area (Å²) in [5.41, 5.74) is 0.664. The van der Waals surface area contributed by atoms with E-state index in [4.69, 9.17) is 21.1 Å². The minimum Gasteiger partial charge on any atom is -0.495 e. The summed E-state index contributed by atoms with van der Waals surface area (Å²) in [6, 6.07) is 3.16. The number of hydrogen-bond acceptors (Lipinski definition) is 4. The van der Waals surface area contributed by atoms with Gasteiger partial charge in [0, 0.05) is 43.9 Å². The number of carbonyl (C=O) groups excluding carboxylic acids is 1. The number of carbonyl (C=O) groups is 1. The second-order valence-electron chi connectivity index (χ2n) is 6.76. The predicted octanol–water partition coefficient (Wildman–Crippen LogP) is 3.31. The Hall–Kier alpha value is -1.66. The third kappa shape index (κ3) is 4.24. The number of piperazine rings is 1. The molecule has 1 aliphatic rings. The molecule has 1 aromatic rings. The summed E-state index contributed by atoms with van der Waals surface area (Å²) in [4.78, 5) is 16.7. The van der Waals surface area contributed by atoms with E-state index in [1.54, 1.807) is 12.1 Å². The standard InChI is InChI=1S/C17H26ClN3O3/c1-17(2,3)21-8-6-20(7-9-21)16(22)19-13-11-14(23-4)12(18)10-15(13)24-5/h10-11H,6-9H2,1-5H3,(H,19,22). The number of hydrogen-bond donors (Lipinski definition) is 1. The van der Waals surface area contributed by atoms with E-state index in [0.29, 0.717) is 35.3 Å². The summed E-state index contributed by atoms with van der Waals surface area (Å²) in [5, 5.41) is 3.33. The van der Waals surface area contributed by atoms with Gasteiger partial charge >= 0.3 is 6.03 Å². The van der Waals surface area contributed by atoms with Gasteiger partial charge in [0.15, 0.2) is 0 Å². The lowest BCUT2D eigenvalue weighted by atomic mass is 10.1. The molecule has 1 aliphatic heterocycles. The number of rotatable bonds is 3. The van der Waals surface area contributed by atoms with Crippen LogP contribution in [0.1, 0.15) is 20.8 Å². The third-order valence-electron chi connectivity index (χ3n) is 4.23. The molecule has 0 aliphatic carbocycles. The molecule has 7 heteroatoms. The average Bonchev–Trinajstić information content (AvgIpc) is 2.55. The van der Waals surface area contributed by atoms with Gasteiger partial charge in [-0.25, -0.2) is 4.79 Å². The zero-order valence-electron chi connectivity index (χ0n) is 15.0. The Kier molecular flexibility index (Phi) is 5.83. The van der Waals surface area contributed by atoms with Crippen molar-refractivity contribution in [3.8, 4) is 11.5 Å². The molecule has 0 radical (unpaired) electrons. The van der Waals surface area contributed by atoms with Crippen LogP contribution in [0, 0.1) is 0 Å². The maximum atomic E-state index is 12.5. The number of benzene rings is 1. The summed E-state index contributed by atoms with van der Waals surface area (Å²) in [6.07, 6.45) is 0. The van der Waals surface area contributed by atoms with Crippen molar-refractivity contribution in [1.29, 1.82) is 0 Å². The number of nitrogens with one attached hydrogen (secondary N) is 1. The highest BCUT2D eigenvalue weighted by atomic mass is 35.5. The first-order valence-corrected chi connectivity index (χ1v) is 8.36. The molecule has 0 aromatic heterocycles. The number of halogens is 1. The number of nitrogens with zero attached hydrogens (tertiary/aromatic N) is 2. The Morgan fingerprint density at radius 2 is 1.67 bits per heavy atom. The summed E-state index contributed by atoms with van der Waals surface area (Å²) in [5.74, 6) is 0.993. The third-order valence-corrected chi connectivity index (χ3v) is 4.53. The van der Waals surface area contributed by atoms with Crippen molar-refractivity contribution in [1.82, 2.24) is 9.80 Å². The van der Waals surface area contributed by atoms with Gasteiger partial charge in [0.1, 0.15) is 11.5 Å². The van der Waals surface area contributed by atoms with Crippen molar-refractivity contribution in [2.75, 3.05) is 45.7 Å². The van der Waals surface area contributed by atoms with Crippen LogP contribution in [0.15, 0.2) is 12.1 Å². The summed E-state index contributed by atoms with van der Waals surface area (Å²) < 4.78 is 10.5. The fraction of sp³-hybridized carbons (Fsp3) is 0.588. The highest BCUT2D eigenvalue weighted by molar-refractivity contribution is 6.32. The van der Waals surface area contributed by atoms with Gasteiger partial charge in [0.2, 0.25) is 0 Å². The molecule has 1 saturated heterocycles. The second kappa shape index (κ2) is 7.49. The van der Waals surface area contributed by atoms with Gasteiger partial charge in [-0.2, -0.15) is 0 Å². The van der Waals surface area contributed by atoms with Crippen LogP contribution in [-0.2, 0) is 0 Å². The number of anilines is 1. The molecule has 2 rings (SSSR count). The van der Waals surface area contributed by atoms with Crippen molar-refractivity contribution in [2.24, 2.45) is 0 Å². The van der Waals surface area contributed by atoms with Gasteiger partial charge in [-0.05, 0) is 20.8 Å². The van der Waals surface area contributed by atoms with Gasteiger partial charge in [-0.15, -0.1) is 0 Å². The SMILES string of the molecule is COc1cc(NC(=O)N2CCN(C(C)(C)C)CC2)c(OC)cc1Cl. The highest BCUT2D eigenvalue weighted by Gasteiger charge is 2.28. The van der Waals surface area contributed by atoms with Gasteiger partial charge in [0.05, 0.1) is 24.9 Å². The van der Waals surface area contributed by atoms with Crippen molar-refractivity contribution in [3.05, 3.63) is 17.2 Å². The molecule has 1 aromatic carbocycles. The van der Waals surface area contributed by atoms with Gasteiger partial charge in [0.25, 0.3) is 0 Å². The largest absolute Gasteiger partial charge is 0.495 e. The van der Waals surface area contributed by atoms with Crippen LogP contribution in [0.4, 0.5) is 10.5 Å². The van der Waals surface area contributed by atoms with E-state index in [-0.39, 0.29) is 11.6 Å². The molecule has 0 unspecified atom stereocenters. The van der Waals surface area contributed by atoms with E-state index in [0.717, 1.165) is 13.1 Å². The number of ether oxygens (including phenoxy) is 2. The Labute approximate surface area is 148 Å². The molecule has 0 bridgehead atoms. The lowest BCUT2D eigenvalue weighted by Crippen LogP contribution is -2.55. The van der Waals surface area contributed by atoms with Crippen LogP contribution in [0.5, 0.6) is 11.5 Å². The van der Waals surface area contributed by atoms with Crippen molar-refractivity contribution < 1.29 is 14.3 Å². The second-order valence-corrected chi connectivity index (χ2v) is 7.17. The Morgan fingerprint density at radius 1 is 1.08 bits per heavy atom. The lowest BCUT2D eigenvalue weighted by Gasteiger charge is -2.42. The van der Waals surface area contributed by atoms with Crippen LogP contribution in [0.25, 0.3) is 0 Å². The van der Waals surface area contributed by atoms with Gasteiger partial charge in [-0.3, -0.25) is 4.90 Å². The lowest BCUT2D eigenvalue weighted by molar-refractivity contribution is 0.0774. The monoisotopic (exact) mass is 355 g/mol. The van der Waals surface area contributed by atoms with Crippen molar-refractivity contribution in [2.45, 2.75) is 26.3 Å². The van der Waals surface area contributed by atoms with E-state index in [1.807, 2.05) is 4.90 Å². The summed E-state index contributed by atoms with van der Waals surface area (Å²) >= 11 is 6.09. The molecule has 0 spiro atoms. The maximum absolute atomic E-state index is 12.5. The number of methoxy groups -OCH3 is 2. The molecule has 1 N–H and O–H groups in total. The molecule has 2 amide bonds. The van der Waals surface area contributed by atoms with Crippen molar-refractivity contribution >= 4 is 23.3 Å². The van der Waals surface area contributed by atoms with E-state index < -0.39 is 0 Å². The van der Waals surface area contributed by atoms with Crippen LogP contribution < -0.4 is 14.8 Å². The zero-order chi connectivity index (χ0) is 17.9. The topological polar surface area (TPSA) is 54.0 Å². The minimum atomic E-state index is -0.147. The molecular formula is C17H26ClN3O3. The Balaban J connectivity index is 2.05. The van der Waals surface area contributed by atoms with Crippen LogP contribution >= 0.6 is 11.6 Å². The highest BCUT2D eigenvalue weighted by Crippen LogP contribution is 2.36. The first-order valence-electron chi connectivity index (χ1n) is 7.98. The van der Waals surface area contributed by atoms with Crippen molar-refractivity contribution in [3.63, 3.8) is 0 Å². The van der Waals surface area contributed by atoms with Crippen LogP contribution in [-0.4, -0.2) is 61.8 Å². The molecule has 134 valence electrons. The summed E-state index contributed by atoms with van der Waals surface area (Å²) in [7, 11) is 3.07. The molecule has 0 saturated carbocycles. The number of urea groups is 1. The molecule has 1 fully saturated rings. The van der Waals surface area contributed by atoms with E-state index >= 15 is 0 Å². The fourth-order valence-corrected chi connectivity index (χ4v) is 2.96. The van der Waals surface area contributed by atoms with E-state index in [1.165, 1.54) is 14.2 Å². The predicted molar refractivity (Wildman–Crippen MR) is 96.5 cm³/mol. The van der Waals surface area contributed by atoms with Gasteiger partial charge < -0.3 is 19.7 Å². The maximum Gasteiger partial charge on any atom is 0.322 e. The smallest absolute Gasteiger partial charge is 0.322 e. The minimum absolute atomic E-state index is 0.120. The fourth-order valence-electron chi connectivity index (χ4n) is 2.73. The Bertz CT molecular complexity index is 593. The number of amides is 2. The average molecular weight is 356 g/mol. The zero-order valence-corrected chi connectivity index (χ0v) is 15.7. The first-order chi connectivity index (χ1) is 11.3. The Morgan fingerprint density at radius 3 is 2.17 bits per heavy atom. The van der Waals surface area contributed by atoms with Gasteiger partial charge in [-0.1, -0.05) is 11.6 Å². The van der Waals surface area contributed by atoms with Crippen LogP contribution in [0.2, 0.25) is 5.02 Å². The molecule has 0 atom stereocenters. The van der Waals surface area contributed by atoms with E-state index in [2.05, 4.69) is 31.0 Å². The van der Waals surface area contributed by atoms with Crippen LogP contribution in [0.3, 0.4) is 0 Å². The molecule has 1 heterocycles. The summed E-state index contributed by atoms with van der Waals surface area (Å²) in [6.45, 7) is 9.66. The molecular weight excluding hydrogens is 330 g/mol. The molecule has 24 heavy (non-hydrogen) atoms. The normalized spacial score (nSPS) is 16.0. The quantitative estimate of drug-likeness (QED) is 0.903. The first kappa shape index (κ1) is 18.7.